The number of hydrogen-bond donors (Lipinski definition) is 1. The molecular weight excluding hydrogens is 338 g/mol. The van der Waals surface area contributed by atoms with Crippen molar-refractivity contribution < 1.29 is 4.74 Å². The SMILES string of the molecule is Clc1ccc(N2CCC(Nc3cc(N4CCOCC4)ncn3)C2)cc1. The molecule has 1 atom stereocenters. The zero-order valence-corrected chi connectivity index (χ0v) is 14.8. The Morgan fingerprint density at radius 3 is 2.64 bits per heavy atom. The van der Waals surface area contributed by atoms with Crippen LogP contribution in [0.4, 0.5) is 17.3 Å². The molecule has 2 aliphatic rings. The van der Waals surface area contributed by atoms with E-state index in [1.54, 1.807) is 6.33 Å². The number of hydrogen-bond acceptors (Lipinski definition) is 6. The van der Waals surface area contributed by atoms with Gasteiger partial charge in [0.1, 0.15) is 18.0 Å². The van der Waals surface area contributed by atoms with Crippen molar-refractivity contribution in [3.63, 3.8) is 0 Å². The van der Waals surface area contributed by atoms with Crippen LogP contribution in [-0.2, 0) is 4.74 Å². The maximum absolute atomic E-state index is 5.98. The number of halogens is 1. The third kappa shape index (κ3) is 3.96. The lowest BCUT2D eigenvalue weighted by atomic mass is 10.2. The zero-order valence-electron chi connectivity index (χ0n) is 14.1. The lowest BCUT2D eigenvalue weighted by Gasteiger charge is -2.28. The summed E-state index contributed by atoms with van der Waals surface area (Å²) in [6, 6.07) is 10.4. The smallest absolute Gasteiger partial charge is 0.134 e. The summed E-state index contributed by atoms with van der Waals surface area (Å²) in [4.78, 5) is 13.4. The van der Waals surface area contributed by atoms with E-state index >= 15 is 0 Å². The fourth-order valence-electron chi connectivity index (χ4n) is 3.37. The van der Waals surface area contributed by atoms with Gasteiger partial charge in [-0.25, -0.2) is 9.97 Å². The van der Waals surface area contributed by atoms with Crippen LogP contribution in [0.5, 0.6) is 0 Å². The Balaban J connectivity index is 1.38. The van der Waals surface area contributed by atoms with Crippen molar-refractivity contribution in [3.8, 4) is 0 Å². The molecule has 1 aromatic heterocycles. The van der Waals surface area contributed by atoms with Gasteiger partial charge in [-0.3, -0.25) is 0 Å². The van der Waals surface area contributed by atoms with Gasteiger partial charge in [-0.05, 0) is 30.7 Å². The molecule has 2 fully saturated rings. The number of ether oxygens (including phenoxy) is 1. The second-order valence-corrected chi connectivity index (χ2v) is 6.85. The van der Waals surface area contributed by atoms with Crippen molar-refractivity contribution in [1.29, 1.82) is 0 Å². The predicted octanol–water partition coefficient (Wildman–Crippen LogP) is 2.66. The Morgan fingerprint density at radius 2 is 1.84 bits per heavy atom. The van der Waals surface area contributed by atoms with Gasteiger partial charge in [0.15, 0.2) is 0 Å². The molecule has 1 unspecified atom stereocenters. The quantitative estimate of drug-likeness (QED) is 0.905. The van der Waals surface area contributed by atoms with E-state index in [9.17, 15) is 0 Å². The molecule has 2 saturated heterocycles. The van der Waals surface area contributed by atoms with Gasteiger partial charge >= 0.3 is 0 Å². The molecule has 25 heavy (non-hydrogen) atoms. The second kappa shape index (κ2) is 7.45. The number of nitrogens with one attached hydrogen (secondary N) is 1. The monoisotopic (exact) mass is 359 g/mol. The van der Waals surface area contributed by atoms with E-state index in [0.29, 0.717) is 6.04 Å². The third-order valence-corrected chi connectivity index (χ3v) is 4.97. The lowest BCUT2D eigenvalue weighted by Crippen LogP contribution is -2.36. The second-order valence-electron chi connectivity index (χ2n) is 6.41. The van der Waals surface area contributed by atoms with Gasteiger partial charge in [0.25, 0.3) is 0 Å². The third-order valence-electron chi connectivity index (χ3n) is 4.72. The molecule has 2 aromatic rings. The number of nitrogens with zero attached hydrogens (tertiary/aromatic N) is 4. The van der Waals surface area contributed by atoms with Crippen molar-refractivity contribution in [3.05, 3.63) is 41.7 Å². The van der Waals surface area contributed by atoms with Gasteiger partial charge in [0.2, 0.25) is 0 Å². The molecule has 0 amide bonds. The molecule has 2 aliphatic heterocycles. The number of benzene rings is 1. The molecule has 0 spiro atoms. The van der Waals surface area contributed by atoms with E-state index in [0.717, 1.165) is 62.5 Å². The molecule has 1 N–H and O–H groups in total. The van der Waals surface area contributed by atoms with E-state index in [4.69, 9.17) is 16.3 Å². The van der Waals surface area contributed by atoms with Crippen LogP contribution in [0.15, 0.2) is 36.7 Å². The van der Waals surface area contributed by atoms with Crippen molar-refractivity contribution in [2.24, 2.45) is 0 Å². The summed E-state index contributed by atoms with van der Waals surface area (Å²) in [6.45, 7) is 5.25. The molecule has 0 bridgehead atoms. The molecule has 132 valence electrons. The van der Waals surface area contributed by atoms with E-state index < -0.39 is 0 Å². The Labute approximate surface area is 152 Å². The Bertz CT molecular complexity index is 705. The molecule has 3 heterocycles. The summed E-state index contributed by atoms with van der Waals surface area (Å²) in [7, 11) is 0. The first-order chi connectivity index (χ1) is 12.3. The fraction of sp³-hybridized carbons (Fsp3) is 0.444. The molecule has 6 nitrogen and oxygen atoms in total. The minimum atomic E-state index is 0.378. The van der Waals surface area contributed by atoms with E-state index in [2.05, 4.69) is 37.2 Å². The van der Waals surface area contributed by atoms with Crippen LogP contribution >= 0.6 is 11.6 Å². The van der Waals surface area contributed by atoms with Gasteiger partial charge < -0.3 is 19.9 Å². The molecular formula is C18H22ClN5O. The van der Waals surface area contributed by atoms with Gasteiger partial charge in [-0.2, -0.15) is 0 Å². The van der Waals surface area contributed by atoms with Crippen LogP contribution < -0.4 is 15.1 Å². The summed E-state index contributed by atoms with van der Waals surface area (Å²) < 4.78 is 5.41. The van der Waals surface area contributed by atoms with Crippen LogP contribution in [0.25, 0.3) is 0 Å². The molecule has 7 heteroatoms. The highest BCUT2D eigenvalue weighted by atomic mass is 35.5. The normalized spacial score (nSPS) is 20.8. The van der Waals surface area contributed by atoms with Gasteiger partial charge in [-0.15, -0.1) is 0 Å². The van der Waals surface area contributed by atoms with Crippen LogP contribution in [0.1, 0.15) is 6.42 Å². The Hall–Kier alpha value is -2.05. The largest absolute Gasteiger partial charge is 0.378 e. The minimum absolute atomic E-state index is 0.378. The van der Waals surface area contributed by atoms with Gasteiger partial charge in [0, 0.05) is 49.0 Å². The maximum Gasteiger partial charge on any atom is 0.134 e. The average molecular weight is 360 g/mol. The average Bonchev–Trinajstić information content (AvgIpc) is 3.12. The first-order valence-corrected chi connectivity index (χ1v) is 9.07. The van der Waals surface area contributed by atoms with Crippen molar-refractivity contribution in [2.45, 2.75) is 12.5 Å². The topological polar surface area (TPSA) is 53.5 Å². The van der Waals surface area contributed by atoms with Crippen molar-refractivity contribution in [1.82, 2.24) is 9.97 Å². The molecule has 4 rings (SSSR count). The van der Waals surface area contributed by atoms with Gasteiger partial charge in [-0.1, -0.05) is 11.6 Å². The summed E-state index contributed by atoms with van der Waals surface area (Å²) in [5, 5.41) is 4.33. The Kier molecular flexibility index (Phi) is 4.90. The van der Waals surface area contributed by atoms with E-state index in [1.807, 2.05) is 18.2 Å². The molecule has 0 aliphatic carbocycles. The molecule has 0 radical (unpaired) electrons. The summed E-state index contributed by atoms with van der Waals surface area (Å²) >= 11 is 5.98. The van der Waals surface area contributed by atoms with E-state index in [1.165, 1.54) is 5.69 Å². The highest BCUT2D eigenvalue weighted by Crippen LogP contribution is 2.24. The highest BCUT2D eigenvalue weighted by molar-refractivity contribution is 6.30. The number of morpholine rings is 1. The van der Waals surface area contributed by atoms with Crippen LogP contribution in [0, 0.1) is 0 Å². The zero-order chi connectivity index (χ0) is 17.1. The Morgan fingerprint density at radius 1 is 1.04 bits per heavy atom. The first kappa shape index (κ1) is 16.4. The predicted molar refractivity (Wildman–Crippen MR) is 101 cm³/mol. The standard InChI is InChI=1S/C18H22ClN5O/c19-14-1-3-16(4-2-14)24-6-5-15(12-24)22-17-11-18(21-13-20-17)23-7-9-25-10-8-23/h1-4,11,13,15H,5-10,12H2,(H,20,21,22). The van der Waals surface area contributed by atoms with Crippen LogP contribution in [0.3, 0.4) is 0 Å². The van der Waals surface area contributed by atoms with Crippen LogP contribution in [-0.4, -0.2) is 55.4 Å². The maximum atomic E-state index is 5.98. The number of anilines is 3. The first-order valence-electron chi connectivity index (χ1n) is 8.70. The van der Waals surface area contributed by atoms with E-state index in [-0.39, 0.29) is 0 Å². The summed E-state index contributed by atoms with van der Waals surface area (Å²) in [5.41, 5.74) is 1.21. The van der Waals surface area contributed by atoms with Crippen LogP contribution in [0.2, 0.25) is 5.02 Å². The number of aromatic nitrogens is 2. The summed E-state index contributed by atoms with van der Waals surface area (Å²) in [6.07, 6.45) is 2.72. The minimum Gasteiger partial charge on any atom is -0.378 e. The van der Waals surface area contributed by atoms with Crippen molar-refractivity contribution >= 4 is 28.9 Å². The highest BCUT2D eigenvalue weighted by Gasteiger charge is 2.23. The lowest BCUT2D eigenvalue weighted by molar-refractivity contribution is 0.122. The molecule has 1 aromatic carbocycles. The molecule has 0 saturated carbocycles. The fourth-order valence-corrected chi connectivity index (χ4v) is 3.49. The number of rotatable bonds is 4. The summed E-state index contributed by atoms with van der Waals surface area (Å²) in [5.74, 6) is 1.85. The van der Waals surface area contributed by atoms with Gasteiger partial charge in [0.05, 0.1) is 13.2 Å². The van der Waals surface area contributed by atoms with Crippen molar-refractivity contribution in [2.75, 3.05) is 54.5 Å².